The SMILES string of the molecule is COc1ccc(C)cc1-c1csc(CN2CCC(NC(=O)OC(C)(C)C)CC2)n1. The van der Waals surface area contributed by atoms with Gasteiger partial charge in [-0.15, -0.1) is 11.3 Å². The number of ether oxygens (including phenoxy) is 2. The summed E-state index contributed by atoms with van der Waals surface area (Å²) >= 11 is 1.68. The quantitative estimate of drug-likeness (QED) is 0.769. The molecule has 2 aromatic rings. The van der Waals surface area contributed by atoms with Gasteiger partial charge in [-0.3, -0.25) is 4.90 Å². The average Bonchev–Trinajstić information content (AvgIpc) is 3.10. The molecule has 1 aromatic heterocycles. The van der Waals surface area contributed by atoms with Gasteiger partial charge in [-0.05, 0) is 52.7 Å². The lowest BCUT2D eigenvalue weighted by Gasteiger charge is -2.32. The minimum absolute atomic E-state index is 0.171. The Morgan fingerprint density at radius 3 is 2.69 bits per heavy atom. The zero-order valence-electron chi connectivity index (χ0n) is 17.9. The Bertz CT molecular complexity index is 836. The number of aromatic nitrogens is 1. The number of rotatable bonds is 5. The first-order chi connectivity index (χ1) is 13.7. The molecular formula is C22H31N3O3S. The van der Waals surface area contributed by atoms with Crippen LogP contribution in [0.5, 0.6) is 5.75 Å². The number of benzene rings is 1. The van der Waals surface area contributed by atoms with Crippen molar-refractivity contribution in [3.05, 3.63) is 34.2 Å². The first-order valence-electron chi connectivity index (χ1n) is 10.0. The van der Waals surface area contributed by atoms with E-state index in [0.29, 0.717) is 0 Å². The monoisotopic (exact) mass is 417 g/mol. The average molecular weight is 418 g/mol. The molecule has 1 amide bonds. The Kier molecular flexibility index (Phi) is 6.80. The van der Waals surface area contributed by atoms with Crippen LogP contribution in [-0.2, 0) is 11.3 Å². The van der Waals surface area contributed by atoms with Crippen molar-refractivity contribution in [1.82, 2.24) is 15.2 Å². The maximum atomic E-state index is 11.9. The minimum Gasteiger partial charge on any atom is -0.496 e. The van der Waals surface area contributed by atoms with Crippen LogP contribution in [0.25, 0.3) is 11.3 Å². The lowest BCUT2D eigenvalue weighted by Crippen LogP contribution is -2.45. The highest BCUT2D eigenvalue weighted by molar-refractivity contribution is 7.09. The summed E-state index contributed by atoms with van der Waals surface area (Å²) in [6, 6.07) is 6.33. The van der Waals surface area contributed by atoms with E-state index in [4.69, 9.17) is 14.5 Å². The van der Waals surface area contributed by atoms with E-state index in [2.05, 4.69) is 28.6 Å². The molecule has 0 aliphatic carbocycles. The van der Waals surface area contributed by atoms with Gasteiger partial charge in [-0.2, -0.15) is 0 Å². The number of piperidine rings is 1. The van der Waals surface area contributed by atoms with Crippen LogP contribution in [0.1, 0.15) is 44.2 Å². The summed E-state index contributed by atoms with van der Waals surface area (Å²) in [6.45, 7) is 10.4. The molecule has 0 bridgehead atoms. The van der Waals surface area contributed by atoms with Gasteiger partial charge in [0.15, 0.2) is 0 Å². The van der Waals surface area contributed by atoms with Crippen molar-refractivity contribution >= 4 is 17.4 Å². The number of thiazole rings is 1. The lowest BCUT2D eigenvalue weighted by molar-refractivity contribution is 0.0477. The number of nitrogens with zero attached hydrogens (tertiary/aromatic N) is 2. The standard InChI is InChI=1S/C22H31N3O3S/c1-15-6-7-19(27-5)17(12-15)18-14-29-20(24-18)13-25-10-8-16(9-11-25)23-21(26)28-22(2,3)4/h6-7,12,14,16H,8-11,13H2,1-5H3,(H,23,26). The van der Waals surface area contributed by atoms with Crippen LogP contribution >= 0.6 is 11.3 Å². The highest BCUT2D eigenvalue weighted by Crippen LogP contribution is 2.32. The number of hydrogen-bond acceptors (Lipinski definition) is 6. The molecule has 1 saturated heterocycles. The highest BCUT2D eigenvalue weighted by Gasteiger charge is 2.24. The first-order valence-corrected chi connectivity index (χ1v) is 10.9. The molecule has 29 heavy (non-hydrogen) atoms. The van der Waals surface area contributed by atoms with Gasteiger partial charge in [0.25, 0.3) is 0 Å². The summed E-state index contributed by atoms with van der Waals surface area (Å²) in [5.41, 5.74) is 2.73. The van der Waals surface area contributed by atoms with Gasteiger partial charge >= 0.3 is 6.09 Å². The summed E-state index contributed by atoms with van der Waals surface area (Å²) in [5, 5.41) is 6.19. The van der Waals surface area contributed by atoms with Crippen LogP contribution in [0.2, 0.25) is 0 Å². The number of nitrogens with one attached hydrogen (secondary N) is 1. The molecule has 6 nitrogen and oxygen atoms in total. The second kappa shape index (κ2) is 9.13. The van der Waals surface area contributed by atoms with Gasteiger partial charge in [-0.1, -0.05) is 11.6 Å². The van der Waals surface area contributed by atoms with E-state index >= 15 is 0 Å². The molecule has 1 N–H and O–H groups in total. The molecule has 0 saturated carbocycles. The van der Waals surface area contributed by atoms with Crippen molar-refractivity contribution in [3.8, 4) is 17.0 Å². The van der Waals surface area contributed by atoms with Gasteiger partial charge < -0.3 is 14.8 Å². The summed E-state index contributed by atoms with van der Waals surface area (Å²) < 4.78 is 10.8. The molecule has 0 radical (unpaired) electrons. The van der Waals surface area contributed by atoms with Crippen molar-refractivity contribution in [1.29, 1.82) is 0 Å². The number of amides is 1. The molecule has 0 spiro atoms. The number of aryl methyl sites for hydroxylation is 1. The minimum atomic E-state index is -0.465. The summed E-state index contributed by atoms with van der Waals surface area (Å²) in [7, 11) is 1.69. The van der Waals surface area contributed by atoms with Gasteiger partial charge in [0, 0.05) is 30.1 Å². The van der Waals surface area contributed by atoms with E-state index in [1.165, 1.54) is 5.56 Å². The van der Waals surface area contributed by atoms with Crippen molar-refractivity contribution < 1.29 is 14.3 Å². The van der Waals surface area contributed by atoms with Crippen molar-refractivity contribution in [2.75, 3.05) is 20.2 Å². The Morgan fingerprint density at radius 2 is 2.03 bits per heavy atom. The zero-order chi connectivity index (χ0) is 21.0. The fraction of sp³-hybridized carbons (Fsp3) is 0.545. The molecule has 0 unspecified atom stereocenters. The van der Waals surface area contributed by atoms with Crippen molar-refractivity contribution in [2.24, 2.45) is 0 Å². The number of carbonyl (C=O) groups is 1. The summed E-state index contributed by atoms with van der Waals surface area (Å²) in [4.78, 5) is 19.2. The van der Waals surface area contributed by atoms with Gasteiger partial charge in [0.05, 0.1) is 19.3 Å². The molecule has 1 aliphatic heterocycles. The van der Waals surface area contributed by atoms with E-state index in [1.54, 1.807) is 18.4 Å². The maximum absolute atomic E-state index is 11.9. The molecule has 1 fully saturated rings. The Morgan fingerprint density at radius 1 is 1.31 bits per heavy atom. The number of hydrogen-bond donors (Lipinski definition) is 1. The second-order valence-electron chi connectivity index (χ2n) is 8.53. The third-order valence-corrected chi connectivity index (χ3v) is 5.68. The first kappa shape index (κ1) is 21.6. The van der Waals surface area contributed by atoms with Gasteiger partial charge in [0.1, 0.15) is 16.4 Å². The second-order valence-corrected chi connectivity index (χ2v) is 9.47. The Hall–Kier alpha value is -2.12. The predicted octanol–water partition coefficient (Wildman–Crippen LogP) is 4.62. The molecule has 1 aliphatic rings. The molecular weight excluding hydrogens is 386 g/mol. The molecule has 0 atom stereocenters. The van der Waals surface area contributed by atoms with Gasteiger partial charge in [0.2, 0.25) is 0 Å². The van der Waals surface area contributed by atoms with Crippen LogP contribution in [0.4, 0.5) is 4.79 Å². The maximum Gasteiger partial charge on any atom is 0.407 e. The molecule has 7 heteroatoms. The molecule has 3 rings (SSSR count). The Labute approximate surface area is 177 Å². The lowest BCUT2D eigenvalue weighted by atomic mass is 10.1. The van der Waals surface area contributed by atoms with E-state index in [9.17, 15) is 4.79 Å². The van der Waals surface area contributed by atoms with E-state index < -0.39 is 5.60 Å². The Balaban J connectivity index is 1.53. The van der Waals surface area contributed by atoms with Crippen molar-refractivity contribution in [3.63, 3.8) is 0 Å². The van der Waals surface area contributed by atoms with E-state index in [-0.39, 0.29) is 12.1 Å². The number of alkyl carbamates (subject to hydrolysis) is 1. The fourth-order valence-corrected chi connectivity index (χ4v) is 4.27. The largest absolute Gasteiger partial charge is 0.496 e. The van der Waals surface area contributed by atoms with E-state index in [0.717, 1.165) is 54.5 Å². The number of likely N-dealkylation sites (tertiary alicyclic amines) is 1. The highest BCUT2D eigenvalue weighted by atomic mass is 32.1. The van der Waals surface area contributed by atoms with Crippen LogP contribution in [-0.4, -0.2) is 47.8 Å². The third kappa shape index (κ3) is 6.18. The smallest absolute Gasteiger partial charge is 0.407 e. The third-order valence-electron chi connectivity index (χ3n) is 4.85. The van der Waals surface area contributed by atoms with Crippen LogP contribution < -0.4 is 10.1 Å². The normalized spacial score (nSPS) is 15.9. The predicted molar refractivity (Wildman–Crippen MR) is 117 cm³/mol. The molecule has 2 heterocycles. The topological polar surface area (TPSA) is 63.7 Å². The zero-order valence-corrected chi connectivity index (χ0v) is 18.8. The van der Waals surface area contributed by atoms with Crippen molar-refractivity contribution in [2.45, 2.75) is 58.7 Å². The summed E-state index contributed by atoms with van der Waals surface area (Å²) in [6.07, 6.45) is 1.51. The van der Waals surface area contributed by atoms with Crippen LogP contribution in [0, 0.1) is 6.92 Å². The van der Waals surface area contributed by atoms with Gasteiger partial charge in [-0.25, -0.2) is 9.78 Å². The van der Waals surface area contributed by atoms with Crippen LogP contribution in [0.3, 0.4) is 0 Å². The molecule has 158 valence electrons. The van der Waals surface area contributed by atoms with Crippen LogP contribution in [0.15, 0.2) is 23.6 Å². The number of carbonyl (C=O) groups excluding carboxylic acids is 1. The number of methoxy groups -OCH3 is 1. The molecule has 1 aromatic carbocycles. The van der Waals surface area contributed by atoms with E-state index in [1.807, 2.05) is 32.9 Å². The summed E-state index contributed by atoms with van der Waals surface area (Å²) in [5.74, 6) is 0.849. The fourth-order valence-electron chi connectivity index (χ4n) is 3.43.